The average Bonchev–Trinajstić information content (AvgIpc) is 1.62. The number of esters is 3. The molecule has 0 aromatic heterocycles. The van der Waals surface area contributed by atoms with E-state index in [9.17, 15) is 74.0 Å². The largest absolute Gasteiger partial charge is 0.455 e. The molecule has 40 heteroatoms. The van der Waals surface area contributed by atoms with Crippen LogP contribution in [-0.4, -0.2) is 311 Å². The first kappa shape index (κ1) is 148. The molecule has 0 aromatic carbocycles. The second kappa shape index (κ2) is 66.2. The van der Waals surface area contributed by atoms with Gasteiger partial charge in [-0.15, -0.1) is 0 Å². The highest BCUT2D eigenvalue weighted by Crippen LogP contribution is 2.48. The van der Waals surface area contributed by atoms with Gasteiger partial charge in [-0.2, -0.15) is 0 Å². The van der Waals surface area contributed by atoms with Crippen LogP contribution >= 0.6 is 11.6 Å². The van der Waals surface area contributed by atoms with E-state index in [-0.39, 0.29) is 158 Å². The number of carbonyl (C=O) groups excluding carboxylic acids is 4. The van der Waals surface area contributed by atoms with E-state index in [1.807, 2.05) is 90.0 Å². The van der Waals surface area contributed by atoms with Gasteiger partial charge in [-0.25, -0.2) is 39.5 Å². The summed E-state index contributed by atoms with van der Waals surface area (Å²) in [4.78, 5) is 43.8. The molecule has 0 radical (unpaired) electrons. The van der Waals surface area contributed by atoms with E-state index in [1.165, 1.54) is 35.2 Å². The van der Waals surface area contributed by atoms with Crippen LogP contribution in [0.3, 0.4) is 0 Å². The van der Waals surface area contributed by atoms with E-state index in [1.54, 1.807) is 55.6 Å². The summed E-state index contributed by atoms with van der Waals surface area (Å²) in [6.45, 7) is 39.3. The summed E-state index contributed by atoms with van der Waals surface area (Å²) in [7, 11) is 5.79. The molecular weight excluding hydrogens is 1860 g/mol. The lowest BCUT2D eigenvalue weighted by molar-refractivity contribution is -0.218. The Morgan fingerprint density at radius 2 is 0.725 bits per heavy atom. The summed E-state index contributed by atoms with van der Waals surface area (Å²) in [5.74, 6) is -4.31. The summed E-state index contributed by atoms with van der Waals surface area (Å²) in [6.07, 6.45) is -4.27. The Hall–Kier alpha value is -3.18. The highest BCUT2D eigenvalue weighted by atomic mass is 35.5. The number of rotatable bonds is 22. The molecule has 12 aliphatic rings. The fourth-order valence-corrected chi connectivity index (χ4v) is 17.6. The van der Waals surface area contributed by atoms with Crippen molar-refractivity contribution in [2.24, 2.45) is 53.3 Å². The normalized spacial score (nSPS) is 40.9. The van der Waals surface area contributed by atoms with Gasteiger partial charge in [0.1, 0.15) is 69.5 Å². The van der Waals surface area contributed by atoms with Gasteiger partial charge in [0.15, 0.2) is 83.8 Å². The van der Waals surface area contributed by atoms with Gasteiger partial charge < -0.3 is 125 Å². The lowest BCUT2D eigenvalue weighted by atomic mass is 9.87. The average molecular weight is 2060 g/mol. The number of aliphatic hydroxyl groups excluding tert-OH is 4. The molecule has 30 nitrogen and oxygen atoms in total. The number of fused-ring (bicyclic) bond motifs is 2. The van der Waals surface area contributed by atoms with E-state index >= 15 is 0 Å². The number of carbonyl (C=O) groups is 4. The van der Waals surface area contributed by atoms with Gasteiger partial charge in [0, 0.05) is 102 Å². The van der Waals surface area contributed by atoms with Crippen LogP contribution in [-0.2, 0) is 119 Å². The zero-order chi connectivity index (χ0) is 98.9. The molecule has 12 aliphatic heterocycles. The van der Waals surface area contributed by atoms with Gasteiger partial charge in [-0.05, 0) is 85.5 Å². The maximum atomic E-state index is 14.1. The maximum Gasteiger partial charge on any atom is 0.305 e. The molecular formula is C98H192ClF9O30. The standard InChI is InChI=1S/C11H18O5.C10H16F2O3.C10H18O3.C9H16F2O2.C9H17FO3.C8H13ClF2O.C8H14F2O2.C8H14O5.C8H16O3.C8H14O3.9CH4/c1-5-9-6(2)10(14-7(3)12)11(16-9)15-8(4)13;1-4-8-6(2)10(12,5-11)9(15-8)14-7(3)13;1-5-7-6(2)8-9(11-7)13-10(3,4)12-8;2*1-4-7-6(2)9(11,5-10)8(12-3)13-7;1-3-6-5(2)8(11,4-10)7(9)12-6;1-3-6-5(2)8(10,4-9)7(11)12-6;1-8(2)12-6-5(10)4(3-9)11-7(6)13-8;2*1-4-6-5(2)7(9)8(10-3)11-6;;;;;;;;;/h6,9-11H,5H2,1-4H3;6,8-9H,4-5H2,1-3H3;6-9H,5H2,1-4H3;6-8H,4-5H2,1-3H3;6-8,11H,4-5H2,1-3H3;5-7H,3-4H2,1-2H3;5-7,11H,3-4H2,1-2H3;4-7,9-10H,3H2,1-2H3;5-9H,4H2,1-3H3;5-6,8H,4H2,1-3H3;9*1H4/t6-,9+,10?,11+;6-,8+,9+,10?;6-,7+,8?,9-;2*6-,7+,8+,9?;2*5-,6+,7+,8?;4-,5+,6?,7+;5-,6+,7?,8+;5-,6+,8+;;;;;;;;;/m0000000100........./s1. The SMILES string of the molecule is C.C.C.C.C.C.C.C.C.CC1(C)OC2[C@@H](O[C@H](CO)[C@@H]2O)O1.CC[C@H]1O[C@@H](Cl)C(F)(CF)[C@H]1C.CC[C@H]1O[C@@H](O)C(F)(CF)[C@H]1C.CC[C@H]1O[C@@H](OC(C)=O)C(F)(CF)[C@H]1C.CC[C@H]1O[C@@H](OC(C)=O)C(OC(C)=O)[C@H]1C.CC[C@H]1O[C@@H](OC)C(=O)[C@H]1C.CC[C@H]1O[C@@H](OC)C(F)(CF)[C@H]1C.CC[C@H]1O[C@@H](OC)C(O)(CF)[C@H]1C.CC[C@H]1O[C@@H](OC)C(O)[C@H]1C.CC[C@H]1O[C@H]2OC(C)(C)OC2[C@H]1C. The van der Waals surface area contributed by atoms with Crippen LogP contribution in [0, 0.1) is 53.3 Å². The van der Waals surface area contributed by atoms with Crippen molar-refractivity contribution in [3.63, 3.8) is 0 Å². The summed E-state index contributed by atoms with van der Waals surface area (Å²) >= 11 is 5.55. The van der Waals surface area contributed by atoms with Crippen molar-refractivity contribution in [3.8, 4) is 0 Å². The maximum absolute atomic E-state index is 14.1. The van der Waals surface area contributed by atoms with Gasteiger partial charge in [0.25, 0.3) is 0 Å². The molecule has 12 fully saturated rings. The number of halogens is 10. The summed E-state index contributed by atoms with van der Waals surface area (Å²) in [6, 6.07) is 0. The van der Waals surface area contributed by atoms with Crippen LogP contribution in [0.4, 0.5) is 39.5 Å². The van der Waals surface area contributed by atoms with Crippen LogP contribution < -0.4 is 0 Å². The van der Waals surface area contributed by atoms with Crippen LogP contribution in [0.1, 0.15) is 298 Å². The number of aliphatic hydroxyl groups is 5. The van der Waals surface area contributed by atoms with Crippen molar-refractivity contribution in [2.45, 2.75) is 491 Å². The molecule has 9 unspecified atom stereocenters. The number of Topliss-reactive ketones (excluding diaryl/α,β-unsaturated/α-hetero) is 1. The molecule has 12 saturated heterocycles. The molecule has 834 valence electrons. The quantitative estimate of drug-likeness (QED) is 0.0291. The van der Waals surface area contributed by atoms with Crippen LogP contribution in [0.25, 0.3) is 0 Å². The highest BCUT2D eigenvalue weighted by molar-refractivity contribution is 6.20. The molecule has 0 aliphatic carbocycles. The number of hydrogen-bond acceptors (Lipinski definition) is 30. The molecule has 5 N–H and O–H groups in total. The Labute approximate surface area is 828 Å². The summed E-state index contributed by atoms with van der Waals surface area (Å²) in [5.41, 5.74) is -11.0. The van der Waals surface area contributed by atoms with Crippen molar-refractivity contribution in [1.29, 1.82) is 0 Å². The molecule has 12 rings (SSSR count). The predicted molar refractivity (Wildman–Crippen MR) is 512 cm³/mol. The topological polar surface area (TPSA) is 363 Å². The van der Waals surface area contributed by atoms with E-state index in [2.05, 4.69) is 18.6 Å². The second-order valence-corrected chi connectivity index (χ2v) is 36.0. The highest BCUT2D eigenvalue weighted by Gasteiger charge is 2.61. The lowest BCUT2D eigenvalue weighted by Crippen LogP contribution is -2.46. The number of alkyl halides is 10. The van der Waals surface area contributed by atoms with E-state index < -0.39 is 207 Å². The number of hydrogen-bond donors (Lipinski definition) is 5. The Bertz CT molecular complexity index is 3120. The predicted octanol–water partition coefficient (Wildman–Crippen LogP) is 19.1. The molecule has 0 amide bonds. The fraction of sp³-hybridized carbons (Fsp3) is 0.959. The zero-order valence-corrected chi connectivity index (χ0v) is 81.7. The summed E-state index contributed by atoms with van der Waals surface area (Å²) < 4.78 is 227. The van der Waals surface area contributed by atoms with Crippen molar-refractivity contribution >= 4 is 35.3 Å². The smallest absolute Gasteiger partial charge is 0.305 e. The van der Waals surface area contributed by atoms with Crippen molar-refractivity contribution in [1.82, 2.24) is 0 Å². The van der Waals surface area contributed by atoms with Crippen molar-refractivity contribution in [3.05, 3.63) is 0 Å². The minimum absolute atomic E-state index is 0. The minimum Gasteiger partial charge on any atom is -0.455 e. The molecule has 0 saturated carbocycles. The third-order valence-corrected chi connectivity index (χ3v) is 26.7. The van der Waals surface area contributed by atoms with E-state index in [0.717, 1.165) is 39.0 Å². The Balaban J connectivity index is -0.000000275. The lowest BCUT2D eigenvalue weighted by Gasteiger charge is -2.27. The second-order valence-electron chi connectivity index (χ2n) is 35.6. The first-order chi connectivity index (χ1) is 60.2. The third-order valence-electron chi connectivity index (χ3n) is 26.2. The van der Waals surface area contributed by atoms with Gasteiger partial charge >= 0.3 is 17.9 Å². The number of ketones is 1. The summed E-state index contributed by atoms with van der Waals surface area (Å²) in [5, 5.41) is 46.9. The van der Waals surface area contributed by atoms with Gasteiger partial charge in [-0.3, -0.25) is 19.2 Å². The first-order valence-electron chi connectivity index (χ1n) is 45.2. The number of methoxy groups -OCH3 is 4. The molecule has 138 heavy (non-hydrogen) atoms. The molecule has 12 heterocycles. The van der Waals surface area contributed by atoms with Gasteiger partial charge in [-0.1, -0.05) is 203 Å². The Morgan fingerprint density at radius 3 is 1.04 bits per heavy atom. The molecule has 0 aromatic rings. The van der Waals surface area contributed by atoms with Crippen LogP contribution in [0.15, 0.2) is 0 Å². The van der Waals surface area contributed by atoms with Gasteiger partial charge in [0.2, 0.25) is 24.5 Å². The van der Waals surface area contributed by atoms with Crippen LogP contribution in [0.2, 0.25) is 0 Å². The van der Waals surface area contributed by atoms with Crippen molar-refractivity contribution in [2.75, 3.05) is 68.4 Å². The molecule has 0 bridgehead atoms. The monoisotopic (exact) mass is 2060 g/mol. The fourth-order valence-electron chi connectivity index (χ4n) is 17.2. The molecule has 39 atom stereocenters. The zero-order valence-electron chi connectivity index (χ0n) is 81.0. The van der Waals surface area contributed by atoms with E-state index in [0.29, 0.717) is 37.7 Å². The Morgan fingerprint density at radius 1 is 0.370 bits per heavy atom. The van der Waals surface area contributed by atoms with E-state index in [4.69, 9.17) is 117 Å². The Kier molecular flexibility index (Phi) is 70.9. The first-order valence-corrected chi connectivity index (χ1v) is 45.6. The van der Waals surface area contributed by atoms with Gasteiger partial charge in [0.05, 0.1) is 61.5 Å². The number of ether oxygens (including phenoxy) is 21. The van der Waals surface area contributed by atoms with Crippen LogP contribution in [0.5, 0.6) is 0 Å². The third kappa shape index (κ3) is 36.4. The minimum atomic E-state index is -2.22. The molecule has 0 spiro atoms. The van der Waals surface area contributed by atoms with Crippen molar-refractivity contribution < 1.29 is 184 Å².